The number of oxime groups is 1. The van der Waals surface area contributed by atoms with Gasteiger partial charge in [0, 0.05) is 26.6 Å². The number of aliphatic hydroxyl groups is 1. The first-order valence-electron chi connectivity index (χ1n) is 6.82. The summed E-state index contributed by atoms with van der Waals surface area (Å²) in [5.41, 5.74) is 2.10. The number of benzene rings is 1. The average molecular weight is 278 g/mol. The first kappa shape index (κ1) is 15.0. The van der Waals surface area contributed by atoms with Crippen LogP contribution in [0.2, 0.25) is 0 Å². The van der Waals surface area contributed by atoms with E-state index >= 15 is 0 Å². The molecule has 0 aliphatic carbocycles. The molecule has 110 valence electrons. The molecule has 0 aromatic heterocycles. The van der Waals surface area contributed by atoms with E-state index in [1.165, 1.54) is 0 Å². The van der Waals surface area contributed by atoms with Crippen LogP contribution in [0.15, 0.2) is 35.5 Å². The minimum Gasteiger partial charge on any atom is -0.390 e. The zero-order valence-electron chi connectivity index (χ0n) is 12.0. The minimum atomic E-state index is -0.471. The van der Waals surface area contributed by atoms with Crippen molar-refractivity contribution in [1.82, 2.24) is 4.90 Å². The van der Waals surface area contributed by atoms with Gasteiger partial charge in [-0.3, -0.25) is 4.90 Å². The molecule has 1 aromatic carbocycles. The summed E-state index contributed by atoms with van der Waals surface area (Å²) in [6, 6.07) is 10.1. The normalized spacial score (nSPS) is 19.8. The second kappa shape index (κ2) is 7.38. The van der Waals surface area contributed by atoms with Gasteiger partial charge in [0.2, 0.25) is 0 Å². The third kappa shape index (κ3) is 4.30. The van der Waals surface area contributed by atoms with Crippen molar-refractivity contribution in [3.05, 3.63) is 35.9 Å². The van der Waals surface area contributed by atoms with Gasteiger partial charge >= 0.3 is 0 Å². The maximum Gasteiger partial charge on any atom is 0.145 e. The number of hydrogen-bond acceptors (Lipinski definition) is 5. The van der Waals surface area contributed by atoms with E-state index in [1.54, 1.807) is 7.11 Å². The van der Waals surface area contributed by atoms with Gasteiger partial charge in [-0.15, -0.1) is 0 Å². The summed E-state index contributed by atoms with van der Waals surface area (Å²) < 4.78 is 4.92. The van der Waals surface area contributed by atoms with Crippen molar-refractivity contribution in [2.75, 3.05) is 33.9 Å². The molecule has 1 aliphatic rings. The molecule has 1 N–H and O–H groups in total. The number of hydrogen-bond donors (Lipinski definition) is 1. The second-order valence-corrected chi connectivity index (χ2v) is 5.17. The van der Waals surface area contributed by atoms with Crippen molar-refractivity contribution in [1.29, 1.82) is 0 Å². The van der Waals surface area contributed by atoms with Crippen LogP contribution in [0.4, 0.5) is 0 Å². The molecule has 0 saturated carbocycles. The van der Waals surface area contributed by atoms with Crippen molar-refractivity contribution in [2.24, 2.45) is 5.16 Å². The summed E-state index contributed by atoms with van der Waals surface area (Å²) >= 11 is 0. The quantitative estimate of drug-likeness (QED) is 0.812. The Hall–Kier alpha value is -1.43. The van der Waals surface area contributed by atoms with Gasteiger partial charge in [-0.25, -0.2) is 0 Å². The molecule has 1 aromatic rings. The summed E-state index contributed by atoms with van der Waals surface area (Å²) in [6.07, 6.45) is 0.375. The van der Waals surface area contributed by atoms with Gasteiger partial charge in [-0.2, -0.15) is 0 Å². The molecule has 0 spiro atoms. The van der Waals surface area contributed by atoms with Crippen molar-refractivity contribution in [2.45, 2.75) is 18.6 Å². The van der Waals surface area contributed by atoms with E-state index in [4.69, 9.17) is 9.57 Å². The maximum absolute atomic E-state index is 9.69. The molecule has 0 unspecified atom stereocenters. The Morgan fingerprint density at radius 2 is 2.20 bits per heavy atom. The van der Waals surface area contributed by atoms with E-state index in [9.17, 15) is 5.11 Å². The summed E-state index contributed by atoms with van der Waals surface area (Å²) in [6.45, 7) is 1.65. The first-order chi connectivity index (χ1) is 9.69. The molecule has 1 heterocycles. The molecule has 20 heavy (non-hydrogen) atoms. The molecule has 2 atom stereocenters. The van der Waals surface area contributed by atoms with Crippen molar-refractivity contribution in [3.63, 3.8) is 0 Å². The van der Waals surface area contributed by atoms with Gasteiger partial charge in [0.05, 0.1) is 18.4 Å². The zero-order valence-corrected chi connectivity index (χ0v) is 12.0. The minimum absolute atomic E-state index is 0.0463. The fourth-order valence-electron chi connectivity index (χ4n) is 2.35. The monoisotopic (exact) mass is 278 g/mol. The second-order valence-electron chi connectivity index (χ2n) is 5.17. The van der Waals surface area contributed by atoms with Gasteiger partial charge in [-0.05, 0) is 12.6 Å². The standard InChI is InChI=1S/C15H22N2O3/c1-17(9-13(18)11-19-2)10-14-8-15(16-20-14)12-6-4-3-5-7-12/h3-7,13-14,18H,8-11H2,1-2H3/t13-,14+/m0/s1. The smallest absolute Gasteiger partial charge is 0.145 e. The zero-order chi connectivity index (χ0) is 14.4. The Morgan fingerprint density at radius 1 is 1.45 bits per heavy atom. The molecular weight excluding hydrogens is 256 g/mol. The lowest BCUT2D eigenvalue weighted by Gasteiger charge is -2.22. The van der Waals surface area contributed by atoms with Crippen LogP contribution < -0.4 is 0 Å². The van der Waals surface area contributed by atoms with E-state index in [1.807, 2.05) is 42.3 Å². The number of methoxy groups -OCH3 is 1. The van der Waals surface area contributed by atoms with Crippen LogP contribution in [0, 0.1) is 0 Å². The van der Waals surface area contributed by atoms with Crippen molar-refractivity contribution < 1.29 is 14.7 Å². The van der Waals surface area contributed by atoms with Gasteiger partial charge in [0.15, 0.2) is 0 Å². The molecule has 5 heteroatoms. The Morgan fingerprint density at radius 3 is 2.90 bits per heavy atom. The van der Waals surface area contributed by atoms with Crippen molar-refractivity contribution in [3.8, 4) is 0 Å². The Labute approximate surface area is 119 Å². The van der Waals surface area contributed by atoms with E-state index in [0.29, 0.717) is 13.2 Å². The van der Waals surface area contributed by atoms with Crippen LogP contribution in [0.3, 0.4) is 0 Å². The molecule has 0 saturated heterocycles. The van der Waals surface area contributed by atoms with Gasteiger partial charge in [0.25, 0.3) is 0 Å². The van der Waals surface area contributed by atoms with E-state index in [2.05, 4.69) is 5.16 Å². The SMILES string of the molecule is COC[C@@H](O)CN(C)C[C@H]1CC(c2ccccc2)=NO1. The van der Waals surface area contributed by atoms with Crippen LogP contribution in [-0.2, 0) is 9.57 Å². The van der Waals surface area contributed by atoms with Gasteiger partial charge < -0.3 is 14.7 Å². The molecule has 0 amide bonds. The topological polar surface area (TPSA) is 54.3 Å². The Bertz CT molecular complexity index is 436. The Kier molecular flexibility index (Phi) is 5.52. The highest BCUT2D eigenvalue weighted by Gasteiger charge is 2.23. The van der Waals surface area contributed by atoms with Crippen LogP contribution in [-0.4, -0.2) is 61.8 Å². The number of aliphatic hydroxyl groups excluding tert-OH is 1. The fraction of sp³-hybridized carbons (Fsp3) is 0.533. The molecule has 2 rings (SSSR count). The molecule has 0 fully saturated rings. The third-order valence-electron chi connectivity index (χ3n) is 3.24. The Balaban J connectivity index is 1.77. The van der Waals surface area contributed by atoms with Crippen LogP contribution in [0.25, 0.3) is 0 Å². The van der Waals surface area contributed by atoms with Crippen LogP contribution >= 0.6 is 0 Å². The predicted molar refractivity (Wildman–Crippen MR) is 77.8 cm³/mol. The number of ether oxygens (including phenoxy) is 1. The fourth-order valence-corrected chi connectivity index (χ4v) is 2.35. The number of likely N-dealkylation sites (N-methyl/N-ethyl adjacent to an activating group) is 1. The van der Waals surface area contributed by atoms with Crippen LogP contribution in [0.5, 0.6) is 0 Å². The lowest BCUT2D eigenvalue weighted by atomic mass is 10.1. The molecular formula is C15H22N2O3. The molecule has 1 aliphatic heterocycles. The van der Waals surface area contributed by atoms with Gasteiger partial charge in [0.1, 0.15) is 6.10 Å². The summed E-state index contributed by atoms with van der Waals surface area (Å²) in [7, 11) is 3.55. The summed E-state index contributed by atoms with van der Waals surface area (Å²) in [5, 5.41) is 13.8. The van der Waals surface area contributed by atoms with Crippen molar-refractivity contribution >= 4 is 5.71 Å². The maximum atomic E-state index is 9.69. The highest BCUT2D eigenvalue weighted by Crippen LogP contribution is 2.17. The molecule has 0 bridgehead atoms. The molecule has 0 radical (unpaired) electrons. The number of nitrogens with zero attached hydrogens (tertiary/aromatic N) is 2. The number of rotatable bonds is 7. The lowest BCUT2D eigenvalue weighted by molar-refractivity contribution is 0.0198. The lowest BCUT2D eigenvalue weighted by Crippen LogP contribution is -2.36. The van der Waals surface area contributed by atoms with Gasteiger partial charge in [-0.1, -0.05) is 35.5 Å². The predicted octanol–water partition coefficient (Wildman–Crippen LogP) is 1.12. The summed E-state index contributed by atoms with van der Waals surface area (Å²) in [4.78, 5) is 7.51. The highest BCUT2D eigenvalue weighted by atomic mass is 16.6. The van der Waals surface area contributed by atoms with E-state index < -0.39 is 6.10 Å². The first-order valence-corrected chi connectivity index (χ1v) is 6.82. The average Bonchev–Trinajstić information content (AvgIpc) is 2.88. The van der Waals surface area contributed by atoms with E-state index in [0.717, 1.165) is 24.2 Å². The summed E-state index contributed by atoms with van der Waals surface area (Å²) in [5.74, 6) is 0. The van der Waals surface area contributed by atoms with Crippen LogP contribution in [0.1, 0.15) is 12.0 Å². The molecule has 5 nitrogen and oxygen atoms in total. The highest BCUT2D eigenvalue weighted by molar-refractivity contribution is 6.01. The third-order valence-corrected chi connectivity index (χ3v) is 3.24. The largest absolute Gasteiger partial charge is 0.390 e. The van der Waals surface area contributed by atoms with E-state index in [-0.39, 0.29) is 6.10 Å².